The summed E-state index contributed by atoms with van der Waals surface area (Å²) in [5.41, 5.74) is -0.877. The molecule has 7 heteroatoms. The number of hydrogen-bond donors (Lipinski definition) is 2. The largest absolute Gasteiger partial charge is 0.351 e. The number of carbonyl (C=O) groups excluding carboxylic acids is 3. The van der Waals surface area contributed by atoms with Crippen molar-refractivity contribution >= 4 is 29.6 Å². The molecule has 2 unspecified atom stereocenters. The third-order valence-corrected chi connectivity index (χ3v) is 5.09. The summed E-state index contributed by atoms with van der Waals surface area (Å²) in [7, 11) is 0. The van der Waals surface area contributed by atoms with Crippen molar-refractivity contribution in [2.75, 3.05) is 18.1 Å². The lowest BCUT2D eigenvalue weighted by molar-refractivity contribution is -0.134. The van der Waals surface area contributed by atoms with E-state index in [1.807, 2.05) is 18.7 Å². The van der Waals surface area contributed by atoms with E-state index in [9.17, 15) is 14.4 Å². The molecule has 4 amide bonds. The summed E-state index contributed by atoms with van der Waals surface area (Å²) in [4.78, 5) is 36.9. The Balaban J connectivity index is 1.90. The number of amides is 4. The van der Waals surface area contributed by atoms with Crippen LogP contribution in [0.5, 0.6) is 0 Å². The number of hydrogen-bond acceptors (Lipinski definition) is 4. The fraction of sp³-hybridized carbons (Fsp3) is 0.769. The van der Waals surface area contributed by atoms with Crippen LogP contribution >= 0.6 is 11.8 Å². The van der Waals surface area contributed by atoms with Crippen molar-refractivity contribution < 1.29 is 14.4 Å². The molecule has 6 nitrogen and oxygen atoms in total. The first kappa shape index (κ1) is 15.2. The first-order chi connectivity index (χ1) is 9.46. The highest BCUT2D eigenvalue weighted by molar-refractivity contribution is 7.99. The lowest BCUT2D eigenvalue weighted by Gasteiger charge is -2.23. The van der Waals surface area contributed by atoms with E-state index >= 15 is 0 Å². The summed E-state index contributed by atoms with van der Waals surface area (Å²) >= 11 is 1.82. The van der Waals surface area contributed by atoms with Gasteiger partial charge in [-0.25, -0.2) is 4.79 Å². The third kappa shape index (κ3) is 3.08. The lowest BCUT2D eigenvalue weighted by atomic mass is 9.99. The molecule has 2 aliphatic heterocycles. The molecule has 0 aliphatic carbocycles. The SMILES string of the molecule is CCC1(C)NC(=O)N(CC(=O)NC2CCCSC2)C1=O. The summed E-state index contributed by atoms with van der Waals surface area (Å²) in [5, 5.41) is 5.54. The Morgan fingerprint density at radius 2 is 2.30 bits per heavy atom. The highest BCUT2D eigenvalue weighted by atomic mass is 32.2. The van der Waals surface area contributed by atoms with E-state index in [1.54, 1.807) is 6.92 Å². The van der Waals surface area contributed by atoms with Gasteiger partial charge in [0.15, 0.2) is 0 Å². The number of thioether (sulfide) groups is 1. The van der Waals surface area contributed by atoms with Crippen molar-refractivity contribution in [2.45, 2.75) is 44.7 Å². The van der Waals surface area contributed by atoms with E-state index in [0.717, 1.165) is 29.2 Å². The van der Waals surface area contributed by atoms with Crippen LogP contribution in [0.1, 0.15) is 33.1 Å². The van der Waals surface area contributed by atoms with Crippen molar-refractivity contribution in [1.82, 2.24) is 15.5 Å². The van der Waals surface area contributed by atoms with Gasteiger partial charge in [0.2, 0.25) is 5.91 Å². The van der Waals surface area contributed by atoms with E-state index in [-0.39, 0.29) is 24.4 Å². The van der Waals surface area contributed by atoms with Gasteiger partial charge in [-0.3, -0.25) is 14.5 Å². The maximum atomic E-state index is 12.2. The van der Waals surface area contributed by atoms with Gasteiger partial charge in [-0.05, 0) is 31.9 Å². The van der Waals surface area contributed by atoms with Gasteiger partial charge in [-0.15, -0.1) is 0 Å². The highest BCUT2D eigenvalue weighted by Gasteiger charge is 2.47. The quantitative estimate of drug-likeness (QED) is 0.750. The lowest BCUT2D eigenvalue weighted by Crippen LogP contribution is -2.47. The molecule has 2 saturated heterocycles. The molecular weight excluding hydrogens is 278 g/mol. The standard InChI is InChI=1S/C13H21N3O3S/c1-3-13(2)11(18)16(12(19)15-13)7-10(17)14-9-5-4-6-20-8-9/h9H,3-8H2,1-2H3,(H,14,17)(H,15,19). The smallest absolute Gasteiger partial charge is 0.325 e. The molecule has 2 heterocycles. The van der Waals surface area contributed by atoms with Crippen LogP contribution in [-0.4, -0.2) is 52.4 Å². The molecule has 2 aliphatic rings. The molecule has 0 saturated carbocycles. The predicted molar refractivity (Wildman–Crippen MR) is 77.4 cm³/mol. The van der Waals surface area contributed by atoms with Gasteiger partial charge < -0.3 is 10.6 Å². The van der Waals surface area contributed by atoms with Gasteiger partial charge >= 0.3 is 6.03 Å². The Labute approximate surface area is 123 Å². The van der Waals surface area contributed by atoms with Crippen molar-refractivity contribution in [3.8, 4) is 0 Å². The van der Waals surface area contributed by atoms with Crippen LogP contribution in [0.25, 0.3) is 0 Å². The van der Waals surface area contributed by atoms with Crippen LogP contribution in [0.4, 0.5) is 4.79 Å². The van der Waals surface area contributed by atoms with Gasteiger partial charge in [0, 0.05) is 11.8 Å². The first-order valence-corrected chi connectivity index (χ1v) is 8.13. The van der Waals surface area contributed by atoms with E-state index in [4.69, 9.17) is 0 Å². The van der Waals surface area contributed by atoms with Gasteiger partial charge in [0.05, 0.1) is 0 Å². The Morgan fingerprint density at radius 1 is 1.55 bits per heavy atom. The molecule has 2 fully saturated rings. The first-order valence-electron chi connectivity index (χ1n) is 6.97. The molecule has 2 N–H and O–H groups in total. The summed E-state index contributed by atoms with van der Waals surface area (Å²) in [6.07, 6.45) is 2.56. The maximum Gasteiger partial charge on any atom is 0.325 e. The fourth-order valence-electron chi connectivity index (χ4n) is 2.40. The zero-order chi connectivity index (χ0) is 14.8. The van der Waals surface area contributed by atoms with E-state index in [2.05, 4.69) is 10.6 Å². The minimum absolute atomic E-state index is 0.152. The molecule has 2 atom stereocenters. The molecular formula is C13H21N3O3S. The minimum Gasteiger partial charge on any atom is -0.351 e. The molecule has 0 aromatic heterocycles. The maximum absolute atomic E-state index is 12.2. The van der Waals surface area contributed by atoms with Gasteiger partial charge in [-0.1, -0.05) is 6.92 Å². The summed E-state index contributed by atoms with van der Waals surface area (Å²) < 4.78 is 0. The van der Waals surface area contributed by atoms with Gasteiger partial charge in [0.25, 0.3) is 5.91 Å². The number of carbonyl (C=O) groups is 3. The fourth-order valence-corrected chi connectivity index (χ4v) is 3.47. The zero-order valence-corrected chi connectivity index (χ0v) is 12.7. The zero-order valence-electron chi connectivity index (χ0n) is 11.9. The summed E-state index contributed by atoms with van der Waals surface area (Å²) in [6, 6.07) is -0.327. The van der Waals surface area contributed by atoms with E-state index < -0.39 is 11.6 Å². The second-order valence-corrected chi connectivity index (χ2v) is 6.64. The van der Waals surface area contributed by atoms with Crippen molar-refractivity contribution in [1.29, 1.82) is 0 Å². The second kappa shape index (κ2) is 6.03. The Hall–Kier alpha value is -1.24. The van der Waals surface area contributed by atoms with Crippen molar-refractivity contribution in [3.05, 3.63) is 0 Å². The second-order valence-electron chi connectivity index (χ2n) is 5.49. The van der Waals surface area contributed by atoms with Gasteiger partial charge in [0.1, 0.15) is 12.1 Å². The Bertz CT molecular complexity index is 423. The molecule has 2 rings (SSSR count). The van der Waals surface area contributed by atoms with Crippen molar-refractivity contribution in [3.63, 3.8) is 0 Å². The Morgan fingerprint density at radius 3 is 2.85 bits per heavy atom. The van der Waals surface area contributed by atoms with Crippen LogP contribution in [-0.2, 0) is 9.59 Å². The Kier molecular flexibility index (Phi) is 4.57. The average molecular weight is 299 g/mol. The minimum atomic E-state index is -0.877. The van der Waals surface area contributed by atoms with Crippen LogP contribution in [0.15, 0.2) is 0 Å². The normalized spacial score (nSPS) is 30.3. The number of urea groups is 1. The highest BCUT2D eigenvalue weighted by Crippen LogP contribution is 2.21. The molecule has 0 aromatic carbocycles. The molecule has 112 valence electrons. The van der Waals surface area contributed by atoms with Gasteiger partial charge in [-0.2, -0.15) is 11.8 Å². The summed E-state index contributed by atoms with van der Waals surface area (Å²) in [5.74, 6) is 1.45. The van der Waals surface area contributed by atoms with E-state index in [1.165, 1.54) is 0 Å². The predicted octanol–water partition coefficient (Wildman–Crippen LogP) is 0.719. The molecule has 0 bridgehead atoms. The molecule has 0 radical (unpaired) electrons. The molecule has 0 spiro atoms. The van der Waals surface area contributed by atoms with E-state index in [0.29, 0.717) is 6.42 Å². The third-order valence-electron chi connectivity index (χ3n) is 3.88. The summed E-state index contributed by atoms with van der Waals surface area (Å²) in [6.45, 7) is 3.32. The topological polar surface area (TPSA) is 78.5 Å². The van der Waals surface area contributed by atoms with Crippen LogP contribution in [0.2, 0.25) is 0 Å². The number of imide groups is 1. The van der Waals surface area contributed by atoms with Crippen LogP contribution < -0.4 is 10.6 Å². The van der Waals surface area contributed by atoms with Crippen LogP contribution in [0, 0.1) is 0 Å². The van der Waals surface area contributed by atoms with Crippen molar-refractivity contribution in [2.24, 2.45) is 0 Å². The number of nitrogens with zero attached hydrogens (tertiary/aromatic N) is 1. The van der Waals surface area contributed by atoms with Crippen LogP contribution in [0.3, 0.4) is 0 Å². The molecule has 0 aromatic rings. The number of rotatable bonds is 4. The number of nitrogens with one attached hydrogen (secondary N) is 2. The molecule has 20 heavy (non-hydrogen) atoms. The monoisotopic (exact) mass is 299 g/mol. The average Bonchev–Trinajstić information content (AvgIpc) is 2.64.